The van der Waals surface area contributed by atoms with Crippen LogP contribution < -0.4 is 5.32 Å². The van der Waals surface area contributed by atoms with E-state index in [9.17, 15) is 9.59 Å². The fourth-order valence-electron chi connectivity index (χ4n) is 4.99. The van der Waals surface area contributed by atoms with Gasteiger partial charge in [0.2, 0.25) is 5.91 Å². The Hall–Kier alpha value is -1.48. The molecule has 2 atom stereocenters. The molecule has 1 aromatic heterocycles. The lowest BCUT2D eigenvalue weighted by atomic mass is 9.83. The van der Waals surface area contributed by atoms with Gasteiger partial charge in [0, 0.05) is 31.4 Å². The van der Waals surface area contributed by atoms with Gasteiger partial charge in [-0.25, -0.2) is 0 Å². The van der Waals surface area contributed by atoms with E-state index in [1.54, 1.807) is 16.2 Å². The van der Waals surface area contributed by atoms with Crippen LogP contribution in [-0.4, -0.2) is 80.7 Å². The van der Waals surface area contributed by atoms with Crippen LogP contribution in [-0.2, 0) is 26.3 Å². The van der Waals surface area contributed by atoms with Gasteiger partial charge in [0.25, 0.3) is 5.91 Å². The van der Waals surface area contributed by atoms with Crippen molar-refractivity contribution in [1.82, 2.24) is 15.1 Å². The van der Waals surface area contributed by atoms with Crippen molar-refractivity contribution < 1.29 is 19.1 Å². The van der Waals surface area contributed by atoms with Gasteiger partial charge in [-0.05, 0) is 37.6 Å². The zero-order valence-electron chi connectivity index (χ0n) is 16.2. The van der Waals surface area contributed by atoms with E-state index in [-0.39, 0.29) is 29.4 Å². The minimum absolute atomic E-state index is 0.0449. The molecular formula is C20H27N3O4S. The molecule has 1 aromatic rings. The molecule has 5 rings (SSSR count). The normalized spacial score (nSPS) is 29.5. The van der Waals surface area contributed by atoms with E-state index in [4.69, 9.17) is 9.47 Å². The monoisotopic (exact) mass is 405 g/mol. The van der Waals surface area contributed by atoms with Gasteiger partial charge in [-0.1, -0.05) is 0 Å². The van der Waals surface area contributed by atoms with Crippen molar-refractivity contribution in [1.29, 1.82) is 0 Å². The lowest BCUT2D eigenvalue weighted by Gasteiger charge is -2.40. The molecule has 1 N–H and O–H groups in total. The van der Waals surface area contributed by atoms with Crippen molar-refractivity contribution in [3.05, 3.63) is 21.4 Å². The minimum Gasteiger partial charge on any atom is -0.378 e. The highest BCUT2D eigenvalue weighted by Gasteiger charge is 2.42. The highest BCUT2D eigenvalue weighted by Crippen LogP contribution is 2.43. The number of piperidine rings is 1. The van der Waals surface area contributed by atoms with Crippen molar-refractivity contribution in [3.63, 3.8) is 0 Å². The predicted octanol–water partition coefficient (Wildman–Crippen LogP) is 0.829. The SMILES string of the molecule is CN1C(=O)[C@H]2COC[C@@H]1CN(C(=O)c1cc3c(s1)CCOC31CCNCC1)C2. The number of thiophene rings is 1. The van der Waals surface area contributed by atoms with E-state index >= 15 is 0 Å². The molecule has 1 spiro atoms. The first kappa shape index (κ1) is 18.5. The van der Waals surface area contributed by atoms with Crippen LogP contribution in [0.25, 0.3) is 0 Å². The van der Waals surface area contributed by atoms with Crippen molar-refractivity contribution >= 4 is 23.2 Å². The van der Waals surface area contributed by atoms with Crippen LogP contribution in [0.1, 0.15) is 33.0 Å². The fraction of sp³-hybridized carbons (Fsp3) is 0.700. The summed E-state index contributed by atoms with van der Waals surface area (Å²) in [4.78, 5) is 31.7. The van der Waals surface area contributed by atoms with E-state index in [1.807, 2.05) is 11.9 Å². The predicted molar refractivity (Wildman–Crippen MR) is 105 cm³/mol. The third-order valence-corrected chi connectivity index (χ3v) is 7.85. The van der Waals surface area contributed by atoms with Crippen LogP contribution in [0.15, 0.2) is 6.07 Å². The number of rotatable bonds is 1. The third kappa shape index (κ3) is 2.98. The summed E-state index contributed by atoms with van der Waals surface area (Å²) in [5.74, 6) is -0.135. The van der Waals surface area contributed by atoms with Crippen LogP contribution in [0, 0.1) is 5.92 Å². The molecule has 0 unspecified atom stereocenters. The molecule has 0 aromatic carbocycles. The molecule has 8 heteroatoms. The molecule has 2 bridgehead atoms. The molecule has 3 saturated heterocycles. The summed E-state index contributed by atoms with van der Waals surface area (Å²) in [6, 6.07) is 2.01. The molecule has 152 valence electrons. The molecule has 0 saturated carbocycles. The second kappa shape index (κ2) is 7.09. The maximum atomic E-state index is 13.4. The Morgan fingerprint density at radius 1 is 1.29 bits per heavy atom. The zero-order chi connectivity index (χ0) is 19.3. The van der Waals surface area contributed by atoms with E-state index < -0.39 is 0 Å². The lowest BCUT2D eigenvalue weighted by molar-refractivity contribution is -0.133. The van der Waals surface area contributed by atoms with E-state index in [0.29, 0.717) is 26.3 Å². The standard InChI is InChI=1S/C20H27N3O4S/c1-22-14-10-23(9-13(18(22)24)11-26-12-14)19(25)17-8-15-16(28-17)2-7-27-20(15)3-5-21-6-4-20/h8,13-14,21H,2-7,9-12H2,1H3/t13-,14+/m1/s1. The number of nitrogens with zero attached hydrogens (tertiary/aromatic N) is 2. The van der Waals surface area contributed by atoms with Crippen molar-refractivity contribution in [2.45, 2.75) is 30.9 Å². The maximum Gasteiger partial charge on any atom is 0.264 e. The Kier molecular flexibility index (Phi) is 4.70. The Bertz CT molecular complexity index is 788. The van der Waals surface area contributed by atoms with Gasteiger partial charge in [0.1, 0.15) is 0 Å². The molecule has 5 heterocycles. The molecular weight excluding hydrogens is 378 g/mol. The number of hydrogen-bond donors (Lipinski definition) is 1. The van der Waals surface area contributed by atoms with Crippen molar-refractivity contribution in [2.75, 3.05) is 53.0 Å². The summed E-state index contributed by atoms with van der Waals surface area (Å²) in [6.45, 7) is 4.48. The van der Waals surface area contributed by atoms with Gasteiger partial charge in [0.05, 0.1) is 42.3 Å². The van der Waals surface area contributed by atoms with Crippen LogP contribution >= 0.6 is 11.3 Å². The number of nitrogens with one attached hydrogen (secondary N) is 1. The third-order valence-electron chi connectivity index (χ3n) is 6.66. The molecule has 28 heavy (non-hydrogen) atoms. The first-order valence-electron chi connectivity index (χ1n) is 10.2. The molecule has 4 aliphatic rings. The Morgan fingerprint density at radius 3 is 2.93 bits per heavy atom. The fourth-order valence-corrected chi connectivity index (χ4v) is 6.19. The molecule has 3 fully saturated rings. The van der Waals surface area contributed by atoms with E-state index in [0.717, 1.165) is 43.8 Å². The number of hydrogen-bond acceptors (Lipinski definition) is 6. The molecule has 7 nitrogen and oxygen atoms in total. The van der Waals surface area contributed by atoms with Crippen LogP contribution in [0.4, 0.5) is 0 Å². The quantitative estimate of drug-likeness (QED) is 0.749. The molecule has 0 aliphatic carbocycles. The largest absolute Gasteiger partial charge is 0.378 e. The Labute approximate surface area is 169 Å². The highest BCUT2D eigenvalue weighted by atomic mass is 32.1. The van der Waals surface area contributed by atoms with Crippen LogP contribution in [0.2, 0.25) is 0 Å². The maximum absolute atomic E-state index is 13.4. The lowest BCUT2D eigenvalue weighted by Crippen LogP contribution is -2.45. The summed E-state index contributed by atoms with van der Waals surface area (Å²) >= 11 is 1.62. The van der Waals surface area contributed by atoms with Crippen LogP contribution in [0.3, 0.4) is 0 Å². The topological polar surface area (TPSA) is 71.1 Å². The summed E-state index contributed by atoms with van der Waals surface area (Å²) in [7, 11) is 1.82. The Balaban J connectivity index is 1.43. The smallest absolute Gasteiger partial charge is 0.264 e. The number of fused-ring (bicyclic) bond motifs is 5. The van der Waals surface area contributed by atoms with Crippen molar-refractivity contribution in [3.8, 4) is 0 Å². The van der Waals surface area contributed by atoms with Crippen LogP contribution in [0.5, 0.6) is 0 Å². The summed E-state index contributed by atoms with van der Waals surface area (Å²) in [6.07, 6.45) is 2.78. The Morgan fingerprint density at radius 2 is 2.11 bits per heavy atom. The van der Waals surface area contributed by atoms with Gasteiger partial charge in [-0.3, -0.25) is 9.59 Å². The first-order chi connectivity index (χ1) is 13.6. The molecule has 2 amide bonds. The van der Waals surface area contributed by atoms with Gasteiger partial charge < -0.3 is 24.6 Å². The minimum atomic E-state index is -0.268. The number of carbonyl (C=O) groups excluding carboxylic acids is 2. The second-order valence-corrected chi connectivity index (χ2v) is 9.47. The van der Waals surface area contributed by atoms with E-state index in [2.05, 4.69) is 11.4 Å². The average Bonchev–Trinajstić information content (AvgIpc) is 3.04. The zero-order valence-corrected chi connectivity index (χ0v) is 17.1. The number of amides is 2. The average molecular weight is 406 g/mol. The number of ether oxygens (including phenoxy) is 2. The van der Waals surface area contributed by atoms with Gasteiger partial charge in [0.15, 0.2) is 0 Å². The van der Waals surface area contributed by atoms with Crippen molar-refractivity contribution in [2.24, 2.45) is 5.92 Å². The summed E-state index contributed by atoms with van der Waals surface area (Å²) in [5.41, 5.74) is 0.993. The number of likely N-dealkylation sites (N-methyl/N-ethyl adjacent to an activating group) is 1. The van der Waals surface area contributed by atoms with Gasteiger partial charge >= 0.3 is 0 Å². The summed E-state index contributed by atoms with van der Waals surface area (Å²) < 4.78 is 11.9. The first-order valence-corrected chi connectivity index (χ1v) is 11.0. The summed E-state index contributed by atoms with van der Waals surface area (Å²) in [5, 5.41) is 3.41. The highest BCUT2D eigenvalue weighted by molar-refractivity contribution is 7.14. The number of carbonyl (C=O) groups is 2. The molecule has 0 radical (unpaired) electrons. The molecule has 4 aliphatic heterocycles. The van der Waals surface area contributed by atoms with Gasteiger partial charge in [-0.2, -0.15) is 0 Å². The van der Waals surface area contributed by atoms with Gasteiger partial charge in [-0.15, -0.1) is 11.3 Å². The van der Waals surface area contributed by atoms with E-state index in [1.165, 1.54) is 10.4 Å². The second-order valence-electron chi connectivity index (χ2n) is 8.34.